The van der Waals surface area contributed by atoms with Crippen molar-refractivity contribution in [3.63, 3.8) is 0 Å². The van der Waals surface area contributed by atoms with E-state index >= 15 is 0 Å². The van der Waals surface area contributed by atoms with Crippen LogP contribution in [0.25, 0.3) is 11.3 Å². The van der Waals surface area contributed by atoms with Crippen LogP contribution in [0.4, 0.5) is 8.78 Å². The first-order valence-corrected chi connectivity index (χ1v) is 8.84. The molecule has 0 spiro atoms. The molecule has 2 aromatic rings. The molecule has 3 rings (SSSR count). The van der Waals surface area contributed by atoms with Gasteiger partial charge >= 0.3 is 0 Å². The van der Waals surface area contributed by atoms with Gasteiger partial charge in [-0.15, -0.1) is 0 Å². The fourth-order valence-corrected chi connectivity index (χ4v) is 3.08. The van der Waals surface area contributed by atoms with E-state index in [1.165, 1.54) is 6.07 Å². The average Bonchev–Trinajstić information content (AvgIpc) is 3.00. The summed E-state index contributed by atoms with van der Waals surface area (Å²) in [6.07, 6.45) is 1.58. The standard InChI is InChI=1S/C19H24F2N4O/c1-4-19(2,3)22-17(26)11-25-8-7-16-13(10-25)18(24-23-16)12-5-6-14(20)15(21)9-12/h5-6,9H,4,7-8,10-11H2,1-3H3,(H,22,26)(H,23,24). The summed E-state index contributed by atoms with van der Waals surface area (Å²) in [5.74, 6) is -1.79. The summed E-state index contributed by atoms with van der Waals surface area (Å²) in [5, 5.41) is 10.3. The van der Waals surface area contributed by atoms with Crippen molar-refractivity contribution < 1.29 is 13.6 Å². The van der Waals surface area contributed by atoms with Crippen molar-refractivity contribution in [1.29, 1.82) is 0 Å². The van der Waals surface area contributed by atoms with E-state index in [4.69, 9.17) is 0 Å². The van der Waals surface area contributed by atoms with Crippen LogP contribution in [0.5, 0.6) is 0 Å². The molecule has 26 heavy (non-hydrogen) atoms. The molecule has 0 unspecified atom stereocenters. The van der Waals surface area contributed by atoms with Gasteiger partial charge in [0.1, 0.15) is 0 Å². The lowest BCUT2D eigenvalue weighted by Crippen LogP contribution is -2.48. The molecule has 1 aromatic heterocycles. The highest BCUT2D eigenvalue weighted by molar-refractivity contribution is 5.79. The van der Waals surface area contributed by atoms with Gasteiger partial charge in [0.2, 0.25) is 5.91 Å². The maximum Gasteiger partial charge on any atom is 0.234 e. The van der Waals surface area contributed by atoms with Gasteiger partial charge in [0.15, 0.2) is 11.6 Å². The van der Waals surface area contributed by atoms with Gasteiger partial charge < -0.3 is 5.32 Å². The number of nitrogens with one attached hydrogen (secondary N) is 2. The van der Waals surface area contributed by atoms with E-state index < -0.39 is 11.6 Å². The van der Waals surface area contributed by atoms with Gasteiger partial charge in [-0.1, -0.05) is 6.92 Å². The zero-order chi connectivity index (χ0) is 18.9. The number of hydrogen-bond acceptors (Lipinski definition) is 3. The van der Waals surface area contributed by atoms with Crippen molar-refractivity contribution >= 4 is 5.91 Å². The van der Waals surface area contributed by atoms with Gasteiger partial charge in [0.05, 0.1) is 12.2 Å². The Hall–Kier alpha value is -2.28. The Bertz CT molecular complexity index is 816. The first-order valence-electron chi connectivity index (χ1n) is 8.84. The molecule has 0 fully saturated rings. The third-order valence-corrected chi connectivity index (χ3v) is 4.93. The maximum atomic E-state index is 13.6. The van der Waals surface area contributed by atoms with Gasteiger partial charge in [0.25, 0.3) is 0 Å². The van der Waals surface area contributed by atoms with Crippen LogP contribution < -0.4 is 5.32 Å². The highest BCUT2D eigenvalue weighted by atomic mass is 19.2. The number of carbonyl (C=O) groups is 1. The molecule has 0 saturated heterocycles. The molecular weight excluding hydrogens is 338 g/mol. The monoisotopic (exact) mass is 362 g/mol. The van der Waals surface area contributed by atoms with Crippen LogP contribution in [-0.2, 0) is 17.8 Å². The predicted octanol–water partition coefficient (Wildman–Crippen LogP) is 3.02. The summed E-state index contributed by atoms with van der Waals surface area (Å²) in [7, 11) is 0. The topological polar surface area (TPSA) is 61.0 Å². The summed E-state index contributed by atoms with van der Waals surface area (Å²) in [4.78, 5) is 14.3. The third kappa shape index (κ3) is 3.93. The predicted molar refractivity (Wildman–Crippen MR) is 95.4 cm³/mol. The van der Waals surface area contributed by atoms with Crippen LogP contribution in [-0.4, -0.2) is 39.6 Å². The molecule has 0 bridgehead atoms. The van der Waals surface area contributed by atoms with Gasteiger partial charge in [-0.3, -0.25) is 14.8 Å². The van der Waals surface area contributed by atoms with Crippen molar-refractivity contribution in [3.05, 3.63) is 41.1 Å². The molecule has 2 heterocycles. The average molecular weight is 362 g/mol. The summed E-state index contributed by atoms with van der Waals surface area (Å²) in [5.41, 5.74) is 2.82. The second kappa shape index (κ2) is 7.15. The minimum Gasteiger partial charge on any atom is -0.350 e. The lowest BCUT2D eigenvalue weighted by Gasteiger charge is -2.29. The number of hydrogen-bond donors (Lipinski definition) is 2. The number of amides is 1. The molecule has 5 nitrogen and oxygen atoms in total. The Morgan fingerprint density at radius 3 is 2.81 bits per heavy atom. The summed E-state index contributed by atoms with van der Waals surface area (Å²) >= 11 is 0. The molecule has 1 amide bonds. The molecule has 7 heteroatoms. The highest BCUT2D eigenvalue weighted by Gasteiger charge is 2.26. The van der Waals surface area contributed by atoms with E-state index in [9.17, 15) is 13.6 Å². The maximum absolute atomic E-state index is 13.6. The molecule has 0 saturated carbocycles. The Morgan fingerprint density at radius 2 is 2.12 bits per heavy atom. The lowest BCUT2D eigenvalue weighted by atomic mass is 10.0. The number of fused-ring (bicyclic) bond motifs is 1. The van der Waals surface area contributed by atoms with Gasteiger partial charge in [0, 0.05) is 41.9 Å². The Balaban J connectivity index is 1.75. The van der Waals surface area contributed by atoms with Crippen LogP contribution in [0.3, 0.4) is 0 Å². The molecule has 0 radical (unpaired) electrons. The quantitative estimate of drug-likeness (QED) is 0.860. The number of H-pyrrole nitrogens is 1. The van der Waals surface area contributed by atoms with Gasteiger partial charge in [-0.25, -0.2) is 8.78 Å². The largest absolute Gasteiger partial charge is 0.350 e. The van der Waals surface area contributed by atoms with Crippen molar-refractivity contribution in [2.24, 2.45) is 0 Å². The Labute approximate surface area is 151 Å². The van der Waals surface area contributed by atoms with Crippen LogP contribution in [0.2, 0.25) is 0 Å². The van der Waals surface area contributed by atoms with E-state index in [0.717, 1.165) is 42.8 Å². The molecular formula is C19H24F2N4O. The zero-order valence-electron chi connectivity index (χ0n) is 15.3. The van der Waals surface area contributed by atoms with E-state index in [-0.39, 0.29) is 11.4 Å². The van der Waals surface area contributed by atoms with Gasteiger partial charge in [-0.2, -0.15) is 5.10 Å². The van der Waals surface area contributed by atoms with Crippen molar-refractivity contribution in [3.8, 4) is 11.3 Å². The minimum absolute atomic E-state index is 0.0156. The number of benzene rings is 1. The zero-order valence-corrected chi connectivity index (χ0v) is 15.3. The van der Waals surface area contributed by atoms with E-state index in [2.05, 4.69) is 15.5 Å². The lowest BCUT2D eigenvalue weighted by molar-refractivity contribution is -0.124. The van der Waals surface area contributed by atoms with Crippen LogP contribution in [0, 0.1) is 11.6 Å². The number of nitrogens with zero attached hydrogens (tertiary/aromatic N) is 2. The molecule has 1 aromatic carbocycles. The van der Waals surface area contributed by atoms with Crippen LogP contribution >= 0.6 is 0 Å². The molecule has 1 aliphatic rings. The molecule has 0 atom stereocenters. The van der Waals surface area contributed by atoms with Crippen molar-refractivity contribution in [2.75, 3.05) is 13.1 Å². The number of aromatic nitrogens is 2. The fourth-order valence-electron chi connectivity index (χ4n) is 3.08. The molecule has 1 aliphatic heterocycles. The first kappa shape index (κ1) is 18.5. The Kier molecular flexibility index (Phi) is 5.09. The second-order valence-corrected chi connectivity index (χ2v) is 7.40. The SMILES string of the molecule is CCC(C)(C)NC(=O)CN1CCc2[nH]nc(-c3ccc(F)c(F)c3)c2C1. The number of aromatic amines is 1. The van der Waals surface area contributed by atoms with E-state index in [1.54, 1.807) is 0 Å². The number of halogens is 2. The van der Waals surface area contributed by atoms with Gasteiger partial charge in [-0.05, 0) is 38.5 Å². The minimum atomic E-state index is -0.895. The van der Waals surface area contributed by atoms with Crippen LogP contribution in [0.15, 0.2) is 18.2 Å². The van der Waals surface area contributed by atoms with E-state index in [0.29, 0.717) is 24.3 Å². The van der Waals surface area contributed by atoms with E-state index in [1.807, 2.05) is 25.7 Å². The second-order valence-electron chi connectivity index (χ2n) is 7.40. The molecule has 2 N–H and O–H groups in total. The number of carbonyl (C=O) groups excluding carboxylic acids is 1. The smallest absolute Gasteiger partial charge is 0.234 e. The summed E-state index contributed by atoms with van der Waals surface area (Å²) in [6, 6.07) is 3.78. The molecule has 0 aliphatic carbocycles. The summed E-state index contributed by atoms with van der Waals surface area (Å²) in [6.45, 7) is 7.61. The fraction of sp³-hybridized carbons (Fsp3) is 0.474. The van der Waals surface area contributed by atoms with Crippen LogP contribution in [0.1, 0.15) is 38.4 Å². The first-order chi connectivity index (χ1) is 12.3. The Morgan fingerprint density at radius 1 is 1.35 bits per heavy atom. The summed E-state index contributed by atoms with van der Waals surface area (Å²) < 4.78 is 26.8. The highest BCUT2D eigenvalue weighted by Crippen LogP contribution is 2.29. The van der Waals surface area contributed by atoms with Crippen molar-refractivity contribution in [1.82, 2.24) is 20.4 Å². The van der Waals surface area contributed by atoms with Crippen molar-refractivity contribution in [2.45, 2.75) is 45.7 Å². The molecule has 140 valence electrons. The normalized spacial score (nSPS) is 15.0. The number of rotatable bonds is 5. The third-order valence-electron chi connectivity index (χ3n) is 4.93.